The molecule has 0 saturated carbocycles. The number of aromatic nitrogens is 2. The number of hydrogen-bond donors (Lipinski definition) is 1. The molecule has 0 aliphatic heterocycles. The van der Waals surface area contributed by atoms with Crippen LogP contribution in [0, 0.1) is 0 Å². The van der Waals surface area contributed by atoms with Crippen LogP contribution in [0.25, 0.3) is 17.1 Å². The zero-order chi connectivity index (χ0) is 14.8. The third-order valence-electron chi connectivity index (χ3n) is 3.30. The molecule has 2 heterocycles. The summed E-state index contributed by atoms with van der Waals surface area (Å²) in [6, 6.07) is 12.9. The second-order valence-electron chi connectivity index (χ2n) is 4.59. The van der Waals surface area contributed by atoms with Gasteiger partial charge in [0.25, 0.3) is 0 Å². The highest BCUT2D eigenvalue weighted by Crippen LogP contribution is 2.26. The predicted octanol–water partition coefficient (Wildman–Crippen LogP) is 3.39. The lowest BCUT2D eigenvalue weighted by atomic mass is 10.1. The molecule has 3 aromatic rings. The minimum atomic E-state index is -1.06. The van der Waals surface area contributed by atoms with Gasteiger partial charge in [-0.1, -0.05) is 25.1 Å². The van der Waals surface area contributed by atoms with Crippen molar-refractivity contribution in [2.75, 3.05) is 0 Å². The molecule has 3 rings (SSSR count). The summed E-state index contributed by atoms with van der Waals surface area (Å²) in [7, 11) is 0. The SMILES string of the molecule is CCc1ccccc1-n1nc(C(=O)O)cc1-c1ccco1. The van der Waals surface area contributed by atoms with Crippen LogP contribution < -0.4 is 0 Å². The van der Waals surface area contributed by atoms with Crippen molar-refractivity contribution in [3.63, 3.8) is 0 Å². The van der Waals surface area contributed by atoms with Gasteiger partial charge >= 0.3 is 5.97 Å². The Hall–Kier alpha value is -2.82. The van der Waals surface area contributed by atoms with Crippen molar-refractivity contribution in [1.82, 2.24) is 9.78 Å². The number of hydrogen-bond acceptors (Lipinski definition) is 3. The maximum atomic E-state index is 11.2. The van der Waals surface area contributed by atoms with E-state index < -0.39 is 5.97 Å². The lowest BCUT2D eigenvalue weighted by Crippen LogP contribution is -2.04. The summed E-state index contributed by atoms with van der Waals surface area (Å²) in [4.78, 5) is 11.2. The Kier molecular flexibility index (Phi) is 3.31. The normalized spacial score (nSPS) is 10.7. The van der Waals surface area contributed by atoms with Crippen LogP contribution in [0.1, 0.15) is 23.0 Å². The Morgan fingerprint density at radius 2 is 2.10 bits per heavy atom. The zero-order valence-electron chi connectivity index (χ0n) is 11.5. The number of carbonyl (C=O) groups is 1. The summed E-state index contributed by atoms with van der Waals surface area (Å²) < 4.78 is 7.02. The minimum Gasteiger partial charge on any atom is -0.476 e. The standard InChI is InChI=1S/C16H14N2O3/c1-2-11-6-3-4-7-13(11)18-14(15-8-5-9-21-15)10-12(17-18)16(19)20/h3-10H,2H2,1H3,(H,19,20). The molecule has 0 saturated heterocycles. The van der Waals surface area contributed by atoms with Crippen molar-refractivity contribution < 1.29 is 14.3 Å². The van der Waals surface area contributed by atoms with Gasteiger partial charge in [-0.2, -0.15) is 5.10 Å². The minimum absolute atomic E-state index is 0.00712. The van der Waals surface area contributed by atoms with Crippen molar-refractivity contribution in [2.45, 2.75) is 13.3 Å². The van der Waals surface area contributed by atoms with Gasteiger partial charge in [0.2, 0.25) is 0 Å². The van der Waals surface area contributed by atoms with Crippen molar-refractivity contribution in [1.29, 1.82) is 0 Å². The second-order valence-corrected chi connectivity index (χ2v) is 4.59. The van der Waals surface area contributed by atoms with Gasteiger partial charge in [-0.3, -0.25) is 0 Å². The molecular weight excluding hydrogens is 268 g/mol. The van der Waals surface area contributed by atoms with Crippen LogP contribution in [0.4, 0.5) is 0 Å². The maximum Gasteiger partial charge on any atom is 0.356 e. The van der Waals surface area contributed by atoms with Crippen LogP contribution in [-0.2, 0) is 6.42 Å². The molecule has 0 atom stereocenters. The number of para-hydroxylation sites is 1. The molecule has 0 unspecified atom stereocenters. The van der Waals surface area contributed by atoms with E-state index in [0.717, 1.165) is 17.7 Å². The van der Waals surface area contributed by atoms with E-state index >= 15 is 0 Å². The van der Waals surface area contributed by atoms with Crippen LogP contribution in [0.3, 0.4) is 0 Å². The third-order valence-corrected chi connectivity index (χ3v) is 3.30. The number of carboxylic acids is 1. The van der Waals surface area contributed by atoms with E-state index in [4.69, 9.17) is 4.42 Å². The van der Waals surface area contributed by atoms with E-state index in [1.807, 2.05) is 31.2 Å². The third kappa shape index (κ3) is 2.33. The van der Waals surface area contributed by atoms with E-state index in [9.17, 15) is 9.90 Å². The number of carboxylic acid groups (broad SMARTS) is 1. The number of benzene rings is 1. The largest absolute Gasteiger partial charge is 0.476 e. The van der Waals surface area contributed by atoms with E-state index in [1.165, 1.54) is 6.07 Å². The molecule has 0 radical (unpaired) electrons. The average Bonchev–Trinajstić information content (AvgIpc) is 3.16. The molecule has 0 spiro atoms. The quantitative estimate of drug-likeness (QED) is 0.796. The van der Waals surface area contributed by atoms with Crippen LogP contribution in [0.5, 0.6) is 0 Å². The molecule has 0 amide bonds. The molecule has 21 heavy (non-hydrogen) atoms. The van der Waals surface area contributed by atoms with Crippen LogP contribution >= 0.6 is 0 Å². The van der Waals surface area contributed by atoms with Gasteiger partial charge in [-0.25, -0.2) is 9.48 Å². The first-order valence-electron chi connectivity index (χ1n) is 6.66. The van der Waals surface area contributed by atoms with E-state index in [-0.39, 0.29) is 5.69 Å². The lowest BCUT2D eigenvalue weighted by molar-refractivity contribution is 0.0690. The average molecular weight is 282 g/mol. The van der Waals surface area contributed by atoms with Gasteiger partial charge in [-0.15, -0.1) is 0 Å². The predicted molar refractivity (Wildman–Crippen MR) is 77.6 cm³/mol. The number of nitrogens with zero attached hydrogens (tertiary/aromatic N) is 2. The van der Waals surface area contributed by atoms with Crippen molar-refractivity contribution in [3.05, 3.63) is 60.0 Å². The highest BCUT2D eigenvalue weighted by molar-refractivity contribution is 5.87. The molecule has 106 valence electrons. The summed E-state index contributed by atoms with van der Waals surface area (Å²) in [6.07, 6.45) is 2.38. The van der Waals surface area contributed by atoms with E-state index in [0.29, 0.717) is 11.5 Å². The summed E-state index contributed by atoms with van der Waals surface area (Å²) in [5, 5.41) is 13.4. The van der Waals surface area contributed by atoms with Gasteiger partial charge in [-0.05, 0) is 30.2 Å². The van der Waals surface area contributed by atoms with Gasteiger partial charge in [0.15, 0.2) is 11.5 Å². The molecule has 0 aliphatic carbocycles. The van der Waals surface area contributed by atoms with Gasteiger partial charge in [0, 0.05) is 6.07 Å². The van der Waals surface area contributed by atoms with Gasteiger partial charge in [0.05, 0.1) is 12.0 Å². The fourth-order valence-electron chi connectivity index (χ4n) is 2.29. The van der Waals surface area contributed by atoms with Crippen molar-refractivity contribution in [2.24, 2.45) is 0 Å². The maximum absolute atomic E-state index is 11.2. The smallest absolute Gasteiger partial charge is 0.356 e. The first-order valence-corrected chi connectivity index (χ1v) is 6.66. The summed E-state index contributed by atoms with van der Waals surface area (Å²) in [5.41, 5.74) is 2.56. The lowest BCUT2D eigenvalue weighted by Gasteiger charge is -2.10. The highest BCUT2D eigenvalue weighted by atomic mass is 16.4. The first-order chi connectivity index (χ1) is 10.2. The van der Waals surface area contributed by atoms with Gasteiger partial charge < -0.3 is 9.52 Å². The molecule has 5 nitrogen and oxygen atoms in total. The second kappa shape index (κ2) is 5.28. The molecule has 1 N–H and O–H groups in total. The molecule has 2 aromatic heterocycles. The Bertz CT molecular complexity index is 773. The molecule has 0 aliphatic rings. The highest BCUT2D eigenvalue weighted by Gasteiger charge is 2.18. The Balaban J connectivity index is 2.24. The fraction of sp³-hybridized carbons (Fsp3) is 0.125. The molecule has 0 bridgehead atoms. The Morgan fingerprint density at radius 3 is 2.76 bits per heavy atom. The fourth-order valence-corrected chi connectivity index (χ4v) is 2.29. The number of aryl methyl sites for hydroxylation is 1. The summed E-state index contributed by atoms with van der Waals surface area (Å²) in [5.74, 6) is -0.476. The topological polar surface area (TPSA) is 68.3 Å². The van der Waals surface area contributed by atoms with E-state index in [1.54, 1.807) is 23.1 Å². The van der Waals surface area contributed by atoms with Crippen molar-refractivity contribution >= 4 is 5.97 Å². The van der Waals surface area contributed by atoms with Crippen LogP contribution in [0.15, 0.2) is 53.1 Å². The van der Waals surface area contributed by atoms with E-state index in [2.05, 4.69) is 5.10 Å². The molecule has 1 aromatic carbocycles. The Morgan fingerprint density at radius 1 is 1.29 bits per heavy atom. The summed E-state index contributed by atoms with van der Waals surface area (Å²) >= 11 is 0. The number of rotatable bonds is 4. The number of aromatic carboxylic acids is 1. The zero-order valence-corrected chi connectivity index (χ0v) is 11.5. The van der Waals surface area contributed by atoms with Crippen LogP contribution in [-0.4, -0.2) is 20.9 Å². The van der Waals surface area contributed by atoms with Crippen molar-refractivity contribution in [3.8, 4) is 17.1 Å². The summed E-state index contributed by atoms with van der Waals surface area (Å²) in [6.45, 7) is 2.05. The first kappa shape index (κ1) is 13.2. The van der Waals surface area contributed by atoms with Crippen LogP contribution in [0.2, 0.25) is 0 Å². The number of furan rings is 1. The monoisotopic (exact) mass is 282 g/mol. The molecule has 0 fully saturated rings. The Labute approximate surface area is 121 Å². The van der Waals surface area contributed by atoms with Gasteiger partial charge in [0.1, 0.15) is 5.69 Å². The molecule has 5 heteroatoms. The molecular formula is C16H14N2O3.